The minimum absolute atomic E-state index is 0.160. The van der Waals surface area contributed by atoms with Gasteiger partial charge in [0.05, 0.1) is 6.04 Å². The largest absolute Gasteiger partial charge is 0.492 e. The first-order valence-electron chi connectivity index (χ1n) is 5.54. The summed E-state index contributed by atoms with van der Waals surface area (Å²) in [5, 5.41) is 0. The van der Waals surface area contributed by atoms with E-state index in [0.717, 1.165) is 6.07 Å². The van der Waals surface area contributed by atoms with Crippen molar-refractivity contribution in [3.05, 3.63) is 65.7 Å². The molecule has 18 heavy (non-hydrogen) atoms. The molecule has 4 heteroatoms. The lowest BCUT2D eigenvalue weighted by Gasteiger charge is -2.13. The zero-order valence-electron chi connectivity index (χ0n) is 9.64. The minimum Gasteiger partial charge on any atom is -0.492 e. The highest BCUT2D eigenvalue weighted by Crippen LogP contribution is 2.16. The molecule has 0 heterocycles. The number of rotatable bonds is 4. The number of ether oxygens (including phenoxy) is 1. The molecule has 94 valence electrons. The van der Waals surface area contributed by atoms with Crippen molar-refractivity contribution in [2.24, 2.45) is 5.73 Å². The minimum atomic E-state index is -0.639. The van der Waals surface area contributed by atoms with Gasteiger partial charge in [-0.05, 0) is 29.8 Å². The highest BCUT2D eigenvalue weighted by atomic mass is 19.1. The first kappa shape index (κ1) is 12.5. The first-order valence-corrected chi connectivity index (χ1v) is 5.54. The fourth-order valence-corrected chi connectivity index (χ4v) is 1.59. The predicted molar refractivity (Wildman–Crippen MR) is 65.2 cm³/mol. The van der Waals surface area contributed by atoms with E-state index in [1.54, 1.807) is 12.1 Å². The Morgan fingerprint density at radius 2 is 1.61 bits per heavy atom. The summed E-state index contributed by atoms with van der Waals surface area (Å²) in [4.78, 5) is 0. The summed E-state index contributed by atoms with van der Waals surface area (Å²) in [5.74, 6) is -0.606. The Labute approximate surface area is 104 Å². The van der Waals surface area contributed by atoms with E-state index in [-0.39, 0.29) is 6.61 Å². The van der Waals surface area contributed by atoms with Gasteiger partial charge in [-0.15, -0.1) is 0 Å². The molecular formula is C14H13F2NO. The molecule has 0 radical (unpaired) electrons. The molecule has 0 fully saturated rings. The van der Waals surface area contributed by atoms with E-state index in [1.165, 1.54) is 12.1 Å². The van der Waals surface area contributed by atoms with Gasteiger partial charge in [-0.25, -0.2) is 8.78 Å². The van der Waals surface area contributed by atoms with Crippen molar-refractivity contribution in [2.45, 2.75) is 6.04 Å². The van der Waals surface area contributed by atoms with Crippen molar-refractivity contribution < 1.29 is 13.5 Å². The van der Waals surface area contributed by atoms with Gasteiger partial charge in [0.2, 0.25) is 0 Å². The normalized spacial score (nSPS) is 12.2. The summed E-state index contributed by atoms with van der Waals surface area (Å²) in [5.41, 5.74) is 6.20. The summed E-state index contributed by atoms with van der Waals surface area (Å²) in [7, 11) is 0. The Balaban J connectivity index is 2.01. The zero-order valence-corrected chi connectivity index (χ0v) is 9.64. The van der Waals surface area contributed by atoms with Gasteiger partial charge in [0.25, 0.3) is 0 Å². The number of hydrogen-bond donors (Lipinski definition) is 1. The van der Waals surface area contributed by atoms with Crippen molar-refractivity contribution in [2.75, 3.05) is 6.61 Å². The highest BCUT2D eigenvalue weighted by molar-refractivity contribution is 5.23. The molecule has 0 aromatic heterocycles. The molecule has 2 nitrogen and oxygen atoms in total. The molecule has 2 aromatic rings. The first-order chi connectivity index (χ1) is 8.65. The molecule has 1 unspecified atom stereocenters. The van der Waals surface area contributed by atoms with Gasteiger partial charge in [-0.3, -0.25) is 0 Å². The number of benzene rings is 2. The van der Waals surface area contributed by atoms with Crippen molar-refractivity contribution >= 4 is 0 Å². The van der Waals surface area contributed by atoms with Gasteiger partial charge in [0, 0.05) is 6.07 Å². The third-order valence-electron chi connectivity index (χ3n) is 2.49. The Kier molecular flexibility index (Phi) is 3.89. The second-order valence-corrected chi connectivity index (χ2v) is 3.93. The number of para-hydroxylation sites is 1. The SMILES string of the molecule is NC(COc1ccccc1)c1cc(F)cc(F)c1. The summed E-state index contributed by atoms with van der Waals surface area (Å²) < 4.78 is 31.5. The third-order valence-corrected chi connectivity index (χ3v) is 2.49. The van der Waals surface area contributed by atoms with Gasteiger partial charge in [0.1, 0.15) is 24.0 Å². The fourth-order valence-electron chi connectivity index (χ4n) is 1.59. The monoisotopic (exact) mass is 249 g/mol. The van der Waals surface area contributed by atoms with Crippen LogP contribution in [0.5, 0.6) is 5.75 Å². The van der Waals surface area contributed by atoms with Crippen molar-refractivity contribution in [3.8, 4) is 5.75 Å². The fraction of sp³-hybridized carbons (Fsp3) is 0.143. The lowest BCUT2D eigenvalue weighted by molar-refractivity contribution is 0.290. The topological polar surface area (TPSA) is 35.2 Å². The van der Waals surface area contributed by atoms with E-state index in [1.807, 2.05) is 18.2 Å². The van der Waals surface area contributed by atoms with Gasteiger partial charge < -0.3 is 10.5 Å². The van der Waals surface area contributed by atoms with Crippen LogP contribution in [0.15, 0.2) is 48.5 Å². The summed E-state index contributed by atoms with van der Waals surface area (Å²) >= 11 is 0. The van der Waals surface area contributed by atoms with E-state index < -0.39 is 17.7 Å². The molecule has 1 atom stereocenters. The van der Waals surface area contributed by atoms with E-state index in [9.17, 15) is 8.78 Å². The molecule has 2 rings (SSSR count). The van der Waals surface area contributed by atoms with Crippen LogP contribution in [0.1, 0.15) is 11.6 Å². The number of halogens is 2. The molecule has 0 aliphatic carbocycles. The van der Waals surface area contributed by atoms with E-state index in [4.69, 9.17) is 10.5 Å². The van der Waals surface area contributed by atoms with Crippen LogP contribution in [0.2, 0.25) is 0 Å². The standard InChI is InChI=1S/C14H13F2NO/c15-11-6-10(7-12(16)8-11)14(17)9-18-13-4-2-1-3-5-13/h1-8,14H,9,17H2. The zero-order chi connectivity index (χ0) is 13.0. The summed E-state index contributed by atoms with van der Waals surface area (Å²) in [6.45, 7) is 0.160. The van der Waals surface area contributed by atoms with Crippen molar-refractivity contribution in [1.82, 2.24) is 0 Å². The smallest absolute Gasteiger partial charge is 0.126 e. The molecule has 2 aromatic carbocycles. The lowest BCUT2D eigenvalue weighted by Crippen LogP contribution is -2.19. The van der Waals surface area contributed by atoms with Crippen LogP contribution in [0.25, 0.3) is 0 Å². The van der Waals surface area contributed by atoms with Crippen LogP contribution in [0, 0.1) is 11.6 Å². The quantitative estimate of drug-likeness (QED) is 0.903. The van der Waals surface area contributed by atoms with Gasteiger partial charge in [-0.1, -0.05) is 18.2 Å². The predicted octanol–water partition coefficient (Wildman–Crippen LogP) is 3.04. The molecular weight excluding hydrogens is 236 g/mol. The van der Waals surface area contributed by atoms with Crippen LogP contribution >= 0.6 is 0 Å². The summed E-state index contributed by atoms with van der Waals surface area (Å²) in [6.07, 6.45) is 0. The highest BCUT2D eigenvalue weighted by Gasteiger charge is 2.10. The molecule has 0 amide bonds. The molecule has 0 aliphatic rings. The van der Waals surface area contributed by atoms with E-state index in [0.29, 0.717) is 11.3 Å². The van der Waals surface area contributed by atoms with Gasteiger partial charge in [-0.2, -0.15) is 0 Å². The third kappa shape index (κ3) is 3.28. The molecule has 0 saturated heterocycles. The Morgan fingerprint density at radius 1 is 1.00 bits per heavy atom. The maximum absolute atomic E-state index is 13.0. The molecule has 0 saturated carbocycles. The van der Waals surface area contributed by atoms with Crippen LogP contribution < -0.4 is 10.5 Å². The molecule has 0 spiro atoms. The second-order valence-electron chi connectivity index (χ2n) is 3.93. The van der Waals surface area contributed by atoms with Crippen LogP contribution in [0.4, 0.5) is 8.78 Å². The summed E-state index contributed by atoms with van der Waals surface area (Å²) in [6, 6.07) is 11.8. The van der Waals surface area contributed by atoms with Crippen LogP contribution in [-0.4, -0.2) is 6.61 Å². The number of nitrogens with two attached hydrogens (primary N) is 1. The van der Waals surface area contributed by atoms with E-state index in [2.05, 4.69) is 0 Å². The van der Waals surface area contributed by atoms with Crippen molar-refractivity contribution in [1.29, 1.82) is 0 Å². The molecule has 0 aliphatic heterocycles. The molecule has 2 N–H and O–H groups in total. The Morgan fingerprint density at radius 3 is 2.22 bits per heavy atom. The number of hydrogen-bond acceptors (Lipinski definition) is 2. The Bertz CT molecular complexity index is 496. The van der Waals surface area contributed by atoms with E-state index >= 15 is 0 Å². The lowest BCUT2D eigenvalue weighted by atomic mass is 10.1. The average Bonchev–Trinajstić information content (AvgIpc) is 2.36. The van der Waals surface area contributed by atoms with Gasteiger partial charge >= 0.3 is 0 Å². The second kappa shape index (κ2) is 5.60. The maximum atomic E-state index is 13.0. The maximum Gasteiger partial charge on any atom is 0.126 e. The van der Waals surface area contributed by atoms with Crippen LogP contribution in [0.3, 0.4) is 0 Å². The average molecular weight is 249 g/mol. The van der Waals surface area contributed by atoms with Gasteiger partial charge in [0.15, 0.2) is 0 Å². The van der Waals surface area contributed by atoms with Crippen molar-refractivity contribution in [3.63, 3.8) is 0 Å². The Hall–Kier alpha value is -1.94. The van der Waals surface area contributed by atoms with Crippen LogP contribution in [-0.2, 0) is 0 Å². The molecule has 0 bridgehead atoms.